The molecule has 0 aliphatic heterocycles. The van der Waals surface area contributed by atoms with Gasteiger partial charge in [0.05, 0.1) is 17.1 Å². The van der Waals surface area contributed by atoms with Crippen molar-refractivity contribution in [1.29, 1.82) is 0 Å². The molecule has 5 nitrogen and oxygen atoms in total. The number of fused-ring (bicyclic) bond motifs is 1. The van der Waals surface area contributed by atoms with E-state index in [1.807, 2.05) is 0 Å². The molecule has 1 aromatic carbocycles. The first-order valence-corrected chi connectivity index (χ1v) is 5.34. The maximum Gasteiger partial charge on any atom is 0.251 e. The van der Waals surface area contributed by atoms with Gasteiger partial charge in [0.2, 0.25) is 0 Å². The van der Waals surface area contributed by atoms with Crippen LogP contribution in [0.25, 0.3) is 11.0 Å². The number of amides is 1. The van der Waals surface area contributed by atoms with Gasteiger partial charge in [-0.1, -0.05) is 0 Å². The van der Waals surface area contributed by atoms with E-state index in [4.69, 9.17) is 5.11 Å². The Hall–Kier alpha value is -2.01. The van der Waals surface area contributed by atoms with E-state index in [-0.39, 0.29) is 12.5 Å². The van der Waals surface area contributed by atoms with Gasteiger partial charge < -0.3 is 10.4 Å². The molecule has 5 heteroatoms. The van der Waals surface area contributed by atoms with Crippen molar-refractivity contribution < 1.29 is 9.90 Å². The van der Waals surface area contributed by atoms with E-state index in [9.17, 15) is 4.79 Å². The first-order chi connectivity index (χ1) is 8.16. The number of carbonyl (C=O) groups excluding carboxylic acids is 1. The molecule has 0 saturated heterocycles. The maximum absolute atomic E-state index is 11.7. The van der Waals surface area contributed by atoms with Crippen molar-refractivity contribution in [2.75, 3.05) is 6.54 Å². The van der Waals surface area contributed by atoms with Crippen LogP contribution in [0.2, 0.25) is 0 Å². The van der Waals surface area contributed by atoms with Gasteiger partial charge >= 0.3 is 0 Å². The monoisotopic (exact) mass is 231 g/mol. The largest absolute Gasteiger partial charge is 0.392 e. The Morgan fingerprint density at radius 1 is 1.35 bits per heavy atom. The quantitative estimate of drug-likeness (QED) is 0.817. The summed E-state index contributed by atoms with van der Waals surface area (Å²) >= 11 is 0. The molecule has 1 aromatic heterocycles. The molecule has 0 saturated carbocycles. The number of carbonyl (C=O) groups is 1. The van der Waals surface area contributed by atoms with Crippen molar-refractivity contribution >= 4 is 16.9 Å². The zero-order valence-corrected chi connectivity index (χ0v) is 9.42. The van der Waals surface area contributed by atoms with Crippen LogP contribution in [0, 0.1) is 0 Å². The van der Waals surface area contributed by atoms with Gasteiger partial charge in [-0.3, -0.25) is 14.8 Å². The van der Waals surface area contributed by atoms with Crippen molar-refractivity contribution in [3.63, 3.8) is 0 Å². The summed E-state index contributed by atoms with van der Waals surface area (Å²) in [6.07, 6.45) is 2.63. The van der Waals surface area contributed by atoms with Crippen LogP contribution >= 0.6 is 0 Å². The highest BCUT2D eigenvalue weighted by atomic mass is 16.3. The van der Waals surface area contributed by atoms with E-state index in [2.05, 4.69) is 15.3 Å². The average Bonchev–Trinajstić information content (AvgIpc) is 2.35. The average molecular weight is 231 g/mol. The van der Waals surface area contributed by atoms with E-state index in [1.54, 1.807) is 37.5 Å². The maximum atomic E-state index is 11.7. The van der Waals surface area contributed by atoms with Crippen LogP contribution in [-0.2, 0) is 0 Å². The van der Waals surface area contributed by atoms with Crippen LogP contribution in [0.15, 0.2) is 30.6 Å². The van der Waals surface area contributed by atoms with Crippen molar-refractivity contribution in [2.24, 2.45) is 0 Å². The third-order valence-corrected chi connectivity index (χ3v) is 2.29. The Morgan fingerprint density at radius 3 is 2.76 bits per heavy atom. The van der Waals surface area contributed by atoms with Gasteiger partial charge in [0, 0.05) is 24.5 Å². The van der Waals surface area contributed by atoms with E-state index in [0.29, 0.717) is 11.1 Å². The predicted octanol–water partition coefficient (Wildman–Crippen LogP) is 0.740. The minimum absolute atomic E-state index is 0.224. The van der Waals surface area contributed by atoms with Crippen molar-refractivity contribution in [2.45, 2.75) is 13.0 Å². The zero-order chi connectivity index (χ0) is 12.3. The summed E-state index contributed by atoms with van der Waals surface area (Å²) in [5, 5.41) is 11.7. The second-order valence-corrected chi connectivity index (χ2v) is 3.82. The molecule has 2 N–H and O–H groups in total. The fourth-order valence-corrected chi connectivity index (χ4v) is 1.45. The number of rotatable bonds is 3. The molecule has 0 aliphatic carbocycles. The summed E-state index contributed by atoms with van der Waals surface area (Å²) in [5.74, 6) is -0.224. The number of aromatic nitrogens is 2. The number of nitrogens with one attached hydrogen (secondary N) is 1. The second-order valence-electron chi connectivity index (χ2n) is 3.82. The van der Waals surface area contributed by atoms with Gasteiger partial charge in [-0.15, -0.1) is 0 Å². The third-order valence-electron chi connectivity index (χ3n) is 2.29. The summed E-state index contributed by atoms with van der Waals surface area (Å²) < 4.78 is 0. The van der Waals surface area contributed by atoms with E-state index < -0.39 is 6.10 Å². The first kappa shape index (κ1) is 11.5. The lowest BCUT2D eigenvalue weighted by Crippen LogP contribution is -2.30. The molecule has 1 heterocycles. The van der Waals surface area contributed by atoms with Gasteiger partial charge in [0.1, 0.15) is 0 Å². The number of benzene rings is 1. The second kappa shape index (κ2) is 4.88. The minimum atomic E-state index is -0.556. The summed E-state index contributed by atoms with van der Waals surface area (Å²) in [4.78, 5) is 20.0. The number of hydrogen-bond acceptors (Lipinski definition) is 4. The summed E-state index contributed by atoms with van der Waals surface area (Å²) in [7, 11) is 0. The topological polar surface area (TPSA) is 75.1 Å². The van der Waals surface area contributed by atoms with Gasteiger partial charge in [-0.25, -0.2) is 0 Å². The van der Waals surface area contributed by atoms with Gasteiger partial charge in [-0.05, 0) is 25.1 Å². The highest BCUT2D eigenvalue weighted by Crippen LogP contribution is 2.10. The molecular weight excluding hydrogens is 218 g/mol. The molecule has 0 bridgehead atoms. The van der Waals surface area contributed by atoms with Crippen LogP contribution in [0.3, 0.4) is 0 Å². The van der Waals surface area contributed by atoms with Gasteiger partial charge in [0.15, 0.2) is 0 Å². The number of nitrogens with zero attached hydrogens (tertiary/aromatic N) is 2. The Morgan fingerprint density at radius 2 is 2.06 bits per heavy atom. The molecule has 0 unspecified atom stereocenters. The lowest BCUT2D eigenvalue weighted by Gasteiger charge is -2.07. The molecule has 1 amide bonds. The fraction of sp³-hybridized carbons (Fsp3) is 0.250. The predicted molar refractivity (Wildman–Crippen MR) is 63.6 cm³/mol. The van der Waals surface area contributed by atoms with Crippen molar-refractivity contribution in [3.05, 3.63) is 36.2 Å². The Bertz CT molecular complexity index is 540. The Balaban J connectivity index is 2.21. The third kappa shape index (κ3) is 2.76. The number of aliphatic hydroxyl groups excluding tert-OH is 1. The first-order valence-electron chi connectivity index (χ1n) is 5.34. The van der Waals surface area contributed by atoms with E-state index in [0.717, 1.165) is 5.52 Å². The highest BCUT2D eigenvalue weighted by Gasteiger charge is 2.07. The molecule has 2 aromatic rings. The summed E-state index contributed by atoms with van der Waals surface area (Å²) in [5.41, 5.74) is 1.94. The molecule has 0 spiro atoms. The van der Waals surface area contributed by atoms with Crippen LogP contribution in [-0.4, -0.2) is 33.6 Å². The number of aliphatic hydroxyl groups is 1. The normalized spacial score (nSPS) is 12.4. The molecule has 17 heavy (non-hydrogen) atoms. The zero-order valence-electron chi connectivity index (χ0n) is 9.42. The molecule has 0 radical (unpaired) electrons. The fourth-order valence-electron chi connectivity index (χ4n) is 1.45. The smallest absolute Gasteiger partial charge is 0.251 e. The highest BCUT2D eigenvalue weighted by molar-refractivity contribution is 5.97. The standard InChI is InChI=1S/C12H13N3O2/c1-8(16)7-15-12(17)9-2-3-10-11(6-9)14-5-4-13-10/h2-6,8,16H,7H2,1H3,(H,15,17)/t8-/m1/s1. The van der Waals surface area contributed by atoms with E-state index >= 15 is 0 Å². The molecular formula is C12H13N3O2. The summed E-state index contributed by atoms with van der Waals surface area (Å²) in [6, 6.07) is 5.12. The van der Waals surface area contributed by atoms with Crippen LogP contribution in [0.1, 0.15) is 17.3 Å². The SMILES string of the molecule is C[C@@H](O)CNC(=O)c1ccc2nccnc2c1. The van der Waals surface area contributed by atoms with Gasteiger partial charge in [0.25, 0.3) is 5.91 Å². The van der Waals surface area contributed by atoms with Crippen LogP contribution < -0.4 is 5.32 Å². The molecule has 2 rings (SSSR count). The van der Waals surface area contributed by atoms with Crippen molar-refractivity contribution in [1.82, 2.24) is 15.3 Å². The van der Waals surface area contributed by atoms with E-state index in [1.165, 1.54) is 0 Å². The van der Waals surface area contributed by atoms with Crippen LogP contribution in [0.4, 0.5) is 0 Å². The molecule has 0 fully saturated rings. The lowest BCUT2D eigenvalue weighted by atomic mass is 10.2. The Kier molecular flexibility index (Phi) is 3.30. The molecule has 0 aliphatic rings. The molecule has 1 atom stereocenters. The van der Waals surface area contributed by atoms with Gasteiger partial charge in [-0.2, -0.15) is 0 Å². The molecule has 88 valence electrons. The summed E-state index contributed by atoms with van der Waals surface area (Å²) in [6.45, 7) is 1.85. The van der Waals surface area contributed by atoms with Crippen LogP contribution in [0.5, 0.6) is 0 Å². The van der Waals surface area contributed by atoms with Crippen molar-refractivity contribution in [3.8, 4) is 0 Å². The number of hydrogen-bond donors (Lipinski definition) is 2. The lowest BCUT2D eigenvalue weighted by molar-refractivity contribution is 0.0924. The Labute approximate surface area is 98.5 Å². The minimum Gasteiger partial charge on any atom is -0.392 e.